The number of alkyl halides is 6. The van der Waals surface area contributed by atoms with Gasteiger partial charge >= 0.3 is 18.2 Å². The minimum Gasteiger partial charge on any atom is -0.453 e. The van der Waals surface area contributed by atoms with E-state index < -0.39 is 42.2 Å². The number of H-pyrrole nitrogens is 1. The zero-order valence-electron chi connectivity index (χ0n) is 21.0. The maximum Gasteiger partial charge on any atom is 0.573 e. The lowest BCUT2D eigenvalue weighted by atomic mass is 10.1. The highest BCUT2D eigenvalue weighted by molar-refractivity contribution is 7.22. The van der Waals surface area contributed by atoms with Gasteiger partial charge in [0.1, 0.15) is 10.6 Å². The van der Waals surface area contributed by atoms with Crippen molar-refractivity contribution < 1.29 is 40.9 Å². The summed E-state index contributed by atoms with van der Waals surface area (Å²) >= 11 is 0.708. The largest absolute Gasteiger partial charge is 0.573 e. The number of rotatable bonds is 7. The topological polar surface area (TPSA) is 96.8 Å². The van der Waals surface area contributed by atoms with Crippen molar-refractivity contribution in [2.75, 3.05) is 19.0 Å². The molecule has 4 rings (SSSR count). The molecule has 0 aliphatic carbocycles. The first-order valence-electron chi connectivity index (χ1n) is 11.4. The summed E-state index contributed by atoms with van der Waals surface area (Å²) < 4.78 is 89.1. The molecule has 2 heterocycles. The monoisotopic (exact) mass is 589 g/mol. The molecule has 0 fully saturated rings. The van der Waals surface area contributed by atoms with E-state index in [1.165, 1.54) is 19.1 Å². The second kappa shape index (κ2) is 10.5. The summed E-state index contributed by atoms with van der Waals surface area (Å²) in [4.78, 5) is 28.6. The van der Waals surface area contributed by atoms with Crippen LogP contribution in [0.5, 0.6) is 17.2 Å². The van der Waals surface area contributed by atoms with Crippen molar-refractivity contribution in [2.24, 2.45) is 0 Å². The van der Waals surface area contributed by atoms with Crippen molar-refractivity contribution in [3.8, 4) is 27.7 Å². The van der Waals surface area contributed by atoms with Crippen LogP contribution in [0.25, 0.3) is 20.7 Å². The normalized spacial score (nSPS) is 12.9. The van der Waals surface area contributed by atoms with Crippen molar-refractivity contribution >= 4 is 27.2 Å². The molecule has 0 aliphatic rings. The molecule has 2 aromatic carbocycles. The van der Waals surface area contributed by atoms with Gasteiger partial charge in [0, 0.05) is 24.7 Å². The molecule has 0 radical (unpaired) electrons. The lowest BCUT2D eigenvalue weighted by Gasteiger charge is -2.16. The Kier molecular flexibility index (Phi) is 7.64. The fourth-order valence-corrected chi connectivity index (χ4v) is 5.18. The minimum atomic E-state index is -5.09. The standard InChI is InChI=1S/C25H21F6N3O5S/c1-12-19-21(36)32-23(37)34(11-18(35)24(26,27)28)22(19)40-20(12)13-4-9-16(17(10-13)39-25(29,30)31)38-15-7-5-14(6-8-15)33(2)3/h4-10,18,35H,11H2,1-3H3,(H,32,36,37)/t18-/m1/s1. The lowest BCUT2D eigenvalue weighted by Crippen LogP contribution is -2.38. The van der Waals surface area contributed by atoms with Gasteiger partial charge in [0.2, 0.25) is 0 Å². The Hall–Kier alpha value is -3.98. The molecule has 0 bridgehead atoms. The molecular weight excluding hydrogens is 568 g/mol. The van der Waals surface area contributed by atoms with Crippen LogP contribution in [0.1, 0.15) is 5.56 Å². The molecule has 0 saturated heterocycles. The molecule has 4 aromatic rings. The third kappa shape index (κ3) is 6.09. The Bertz CT molecular complexity index is 1660. The highest BCUT2D eigenvalue weighted by atomic mass is 32.1. The number of aromatic nitrogens is 2. The van der Waals surface area contributed by atoms with Gasteiger partial charge in [-0.2, -0.15) is 13.2 Å². The molecule has 2 aromatic heterocycles. The number of aromatic amines is 1. The number of aliphatic hydroxyl groups excluding tert-OH is 1. The third-order valence-electron chi connectivity index (χ3n) is 5.81. The molecule has 1 atom stereocenters. The van der Waals surface area contributed by atoms with E-state index in [9.17, 15) is 41.0 Å². The number of nitrogens with one attached hydrogen (secondary N) is 1. The van der Waals surface area contributed by atoms with E-state index in [1.807, 2.05) is 24.0 Å². The fraction of sp³-hybridized carbons (Fsp3) is 0.280. The quantitative estimate of drug-likeness (QED) is 0.280. The Labute approximate surface area is 225 Å². The van der Waals surface area contributed by atoms with Crippen LogP contribution in [-0.2, 0) is 6.54 Å². The highest BCUT2D eigenvalue weighted by Gasteiger charge is 2.39. The summed E-state index contributed by atoms with van der Waals surface area (Å²) in [6.45, 7) is 0.232. The third-order valence-corrected chi connectivity index (χ3v) is 7.18. The molecule has 214 valence electrons. The Morgan fingerprint density at radius 1 is 1.02 bits per heavy atom. The Morgan fingerprint density at radius 3 is 2.25 bits per heavy atom. The molecular formula is C25H21F6N3O5S. The number of aryl methyl sites for hydroxylation is 1. The second-order valence-corrected chi connectivity index (χ2v) is 9.86. The molecule has 15 heteroatoms. The summed E-state index contributed by atoms with van der Waals surface area (Å²) in [6, 6.07) is 10.1. The summed E-state index contributed by atoms with van der Waals surface area (Å²) in [5.74, 6) is -0.764. The van der Waals surface area contributed by atoms with Crippen LogP contribution < -0.4 is 25.6 Å². The van der Waals surface area contributed by atoms with Crippen molar-refractivity contribution in [1.82, 2.24) is 9.55 Å². The number of halogens is 6. The number of benzene rings is 2. The molecule has 0 aliphatic heterocycles. The van der Waals surface area contributed by atoms with E-state index in [-0.39, 0.29) is 37.7 Å². The van der Waals surface area contributed by atoms with Gasteiger partial charge in [-0.15, -0.1) is 24.5 Å². The lowest BCUT2D eigenvalue weighted by molar-refractivity contribution is -0.275. The van der Waals surface area contributed by atoms with Gasteiger partial charge in [0.05, 0.1) is 11.9 Å². The predicted octanol–water partition coefficient (Wildman–Crippen LogP) is 5.41. The number of fused-ring (bicyclic) bond motifs is 1. The van der Waals surface area contributed by atoms with Gasteiger partial charge in [-0.1, -0.05) is 0 Å². The Morgan fingerprint density at radius 2 is 1.68 bits per heavy atom. The van der Waals surface area contributed by atoms with E-state index in [1.54, 1.807) is 24.3 Å². The number of nitrogens with zero attached hydrogens (tertiary/aromatic N) is 2. The van der Waals surface area contributed by atoms with Gasteiger partial charge in [-0.3, -0.25) is 14.3 Å². The van der Waals surface area contributed by atoms with E-state index in [2.05, 4.69) is 4.74 Å². The number of aliphatic hydroxyl groups is 1. The van der Waals surface area contributed by atoms with Crippen LogP contribution in [0.4, 0.5) is 32.0 Å². The van der Waals surface area contributed by atoms with Crippen LogP contribution in [0, 0.1) is 6.92 Å². The summed E-state index contributed by atoms with van der Waals surface area (Å²) in [6.07, 6.45) is -13.0. The minimum absolute atomic E-state index is 0.114. The van der Waals surface area contributed by atoms with Gasteiger partial charge in [-0.25, -0.2) is 4.79 Å². The first kappa shape index (κ1) is 29.0. The van der Waals surface area contributed by atoms with Gasteiger partial charge in [-0.05, 0) is 60.5 Å². The maximum atomic E-state index is 13.3. The average molecular weight is 590 g/mol. The number of hydrogen-bond donors (Lipinski definition) is 2. The highest BCUT2D eigenvalue weighted by Crippen LogP contribution is 2.42. The van der Waals surface area contributed by atoms with Crippen molar-refractivity contribution in [3.63, 3.8) is 0 Å². The molecule has 2 N–H and O–H groups in total. The zero-order valence-corrected chi connectivity index (χ0v) is 21.8. The molecule has 0 unspecified atom stereocenters. The van der Waals surface area contributed by atoms with Crippen molar-refractivity contribution in [2.45, 2.75) is 32.1 Å². The summed E-state index contributed by atoms with van der Waals surface area (Å²) in [5.41, 5.74) is -0.944. The first-order valence-corrected chi connectivity index (χ1v) is 12.2. The van der Waals surface area contributed by atoms with Crippen LogP contribution in [0.15, 0.2) is 52.1 Å². The zero-order chi connectivity index (χ0) is 29.6. The average Bonchev–Trinajstić information content (AvgIpc) is 3.19. The van der Waals surface area contributed by atoms with Crippen LogP contribution in [0.3, 0.4) is 0 Å². The predicted molar refractivity (Wildman–Crippen MR) is 136 cm³/mol. The van der Waals surface area contributed by atoms with E-state index >= 15 is 0 Å². The molecule has 0 saturated carbocycles. The Balaban J connectivity index is 1.81. The molecule has 40 heavy (non-hydrogen) atoms. The molecule has 0 amide bonds. The van der Waals surface area contributed by atoms with E-state index in [4.69, 9.17) is 4.74 Å². The molecule has 0 spiro atoms. The number of ether oxygens (including phenoxy) is 2. The summed E-state index contributed by atoms with van der Waals surface area (Å²) in [5, 5.41) is 9.37. The van der Waals surface area contributed by atoms with Crippen LogP contribution in [0.2, 0.25) is 0 Å². The van der Waals surface area contributed by atoms with E-state index in [0.29, 0.717) is 15.9 Å². The molecule has 8 nitrogen and oxygen atoms in total. The van der Waals surface area contributed by atoms with Gasteiger partial charge < -0.3 is 19.5 Å². The number of hydrogen-bond acceptors (Lipinski definition) is 7. The fourth-order valence-electron chi connectivity index (χ4n) is 3.87. The second-order valence-electron chi connectivity index (χ2n) is 8.86. The number of anilines is 1. The SMILES string of the molecule is Cc1c(-c2ccc(Oc3ccc(N(C)C)cc3)c(OC(F)(F)F)c2)sc2c1c(=O)[nH]c(=O)n2C[C@@H](O)C(F)(F)F. The first-order chi connectivity index (χ1) is 18.5. The maximum absolute atomic E-state index is 13.3. The van der Waals surface area contributed by atoms with Crippen LogP contribution >= 0.6 is 11.3 Å². The van der Waals surface area contributed by atoms with Crippen molar-refractivity contribution in [1.29, 1.82) is 0 Å². The van der Waals surface area contributed by atoms with E-state index in [0.717, 1.165) is 11.8 Å². The van der Waals surface area contributed by atoms with Crippen molar-refractivity contribution in [3.05, 3.63) is 68.9 Å². The smallest absolute Gasteiger partial charge is 0.453 e. The van der Waals surface area contributed by atoms with Gasteiger partial charge in [0.15, 0.2) is 17.6 Å². The number of thiophene rings is 1. The van der Waals surface area contributed by atoms with Gasteiger partial charge in [0.25, 0.3) is 5.56 Å². The summed E-state index contributed by atoms with van der Waals surface area (Å²) in [7, 11) is 3.62. The van der Waals surface area contributed by atoms with Crippen LogP contribution in [-0.4, -0.2) is 47.4 Å².